The highest BCUT2D eigenvalue weighted by atomic mass is 79.9. The van der Waals surface area contributed by atoms with Crippen LogP contribution in [-0.2, 0) is 9.53 Å². The number of fused-ring (bicyclic) bond motifs is 1. The van der Waals surface area contributed by atoms with E-state index in [1.54, 1.807) is 18.7 Å². The molecular weight excluding hydrogens is 400 g/mol. The number of aromatic nitrogens is 3. The van der Waals surface area contributed by atoms with Crippen LogP contribution in [0.4, 0.5) is 5.95 Å². The summed E-state index contributed by atoms with van der Waals surface area (Å²) < 4.78 is 13.5. The predicted octanol–water partition coefficient (Wildman–Crippen LogP) is 3.68. The molecule has 0 saturated carbocycles. The van der Waals surface area contributed by atoms with Crippen LogP contribution in [0, 0.1) is 0 Å². The van der Waals surface area contributed by atoms with Gasteiger partial charge in [0.05, 0.1) is 19.3 Å². The summed E-state index contributed by atoms with van der Waals surface area (Å²) in [7, 11) is 1.61. The monoisotopic (exact) mass is 420 g/mol. The molecule has 26 heavy (non-hydrogen) atoms. The Balaban J connectivity index is 2.24. The lowest BCUT2D eigenvalue weighted by molar-refractivity contribution is -0.139. The second-order valence-corrected chi connectivity index (χ2v) is 6.72. The van der Waals surface area contributed by atoms with E-state index in [2.05, 4.69) is 38.3 Å². The van der Waals surface area contributed by atoms with Crippen molar-refractivity contribution in [2.45, 2.75) is 32.7 Å². The molecule has 138 valence electrons. The van der Waals surface area contributed by atoms with Crippen LogP contribution < -0.4 is 10.1 Å². The number of allylic oxidation sites excluding steroid dienone is 1. The maximum absolute atomic E-state index is 12.8. The summed E-state index contributed by atoms with van der Waals surface area (Å²) in [5.74, 6) is 0.893. The summed E-state index contributed by atoms with van der Waals surface area (Å²) in [5.41, 5.74) is 2.15. The van der Waals surface area contributed by atoms with E-state index >= 15 is 0 Å². The molecule has 3 rings (SSSR count). The van der Waals surface area contributed by atoms with Crippen LogP contribution in [0.3, 0.4) is 0 Å². The SMILES string of the molecule is CCCC1=C(C(=O)OCC)C(c2cc(Br)ccc2OC)n2ncnc2N1. The number of anilines is 1. The number of halogens is 1. The average Bonchev–Trinajstić information content (AvgIpc) is 3.09. The van der Waals surface area contributed by atoms with Crippen molar-refractivity contribution < 1.29 is 14.3 Å². The van der Waals surface area contributed by atoms with Gasteiger partial charge in [0, 0.05) is 15.7 Å². The fourth-order valence-corrected chi connectivity index (χ4v) is 3.49. The lowest BCUT2D eigenvalue weighted by Gasteiger charge is -2.30. The summed E-state index contributed by atoms with van der Waals surface area (Å²) in [6, 6.07) is 5.21. The number of carbonyl (C=O) groups is 1. The van der Waals surface area contributed by atoms with Gasteiger partial charge in [0.1, 0.15) is 18.1 Å². The van der Waals surface area contributed by atoms with Gasteiger partial charge in [-0.05, 0) is 31.5 Å². The van der Waals surface area contributed by atoms with Crippen molar-refractivity contribution in [3.8, 4) is 5.75 Å². The Hall–Kier alpha value is -2.35. The third-order valence-corrected chi connectivity index (χ3v) is 4.65. The van der Waals surface area contributed by atoms with Gasteiger partial charge in [0.15, 0.2) is 0 Å². The van der Waals surface area contributed by atoms with Crippen molar-refractivity contribution >= 4 is 27.8 Å². The van der Waals surface area contributed by atoms with E-state index in [1.807, 2.05) is 18.2 Å². The van der Waals surface area contributed by atoms with Gasteiger partial charge in [-0.15, -0.1) is 0 Å². The molecular formula is C18H21BrN4O3. The molecule has 1 aromatic carbocycles. The van der Waals surface area contributed by atoms with Crippen molar-refractivity contribution in [3.05, 3.63) is 45.8 Å². The van der Waals surface area contributed by atoms with Crippen LogP contribution in [0.25, 0.3) is 0 Å². The Bertz CT molecular complexity index is 847. The van der Waals surface area contributed by atoms with Crippen molar-refractivity contribution in [1.82, 2.24) is 14.8 Å². The van der Waals surface area contributed by atoms with Gasteiger partial charge in [-0.1, -0.05) is 29.3 Å². The highest BCUT2D eigenvalue weighted by Crippen LogP contribution is 2.41. The zero-order valence-corrected chi connectivity index (χ0v) is 16.5. The first-order chi connectivity index (χ1) is 12.6. The molecule has 1 atom stereocenters. The van der Waals surface area contributed by atoms with E-state index < -0.39 is 6.04 Å². The molecule has 2 heterocycles. The second kappa shape index (κ2) is 7.90. The Morgan fingerprint density at radius 3 is 2.88 bits per heavy atom. The molecule has 0 spiro atoms. The highest BCUT2D eigenvalue weighted by molar-refractivity contribution is 9.10. The van der Waals surface area contributed by atoms with E-state index in [0.29, 0.717) is 30.3 Å². The van der Waals surface area contributed by atoms with Gasteiger partial charge in [0.2, 0.25) is 5.95 Å². The number of nitrogens with one attached hydrogen (secondary N) is 1. The maximum Gasteiger partial charge on any atom is 0.338 e. The summed E-state index contributed by atoms with van der Waals surface area (Å²) >= 11 is 3.51. The molecule has 1 N–H and O–H groups in total. The summed E-state index contributed by atoms with van der Waals surface area (Å²) in [5, 5.41) is 7.57. The van der Waals surface area contributed by atoms with E-state index in [4.69, 9.17) is 9.47 Å². The van der Waals surface area contributed by atoms with E-state index in [1.165, 1.54) is 6.33 Å². The number of nitrogens with zero attached hydrogens (tertiary/aromatic N) is 3. The Morgan fingerprint density at radius 1 is 1.38 bits per heavy atom. The number of carbonyl (C=O) groups excluding carboxylic acids is 1. The minimum absolute atomic E-state index is 0.300. The molecule has 1 unspecified atom stereocenters. The number of rotatable bonds is 6. The van der Waals surface area contributed by atoms with Crippen molar-refractivity contribution in [2.75, 3.05) is 19.0 Å². The van der Waals surface area contributed by atoms with Gasteiger partial charge in [0.25, 0.3) is 0 Å². The Kier molecular flexibility index (Phi) is 5.61. The Labute approximate surface area is 160 Å². The molecule has 1 aliphatic heterocycles. The van der Waals surface area contributed by atoms with Crippen LogP contribution in [0.15, 0.2) is 40.3 Å². The first-order valence-electron chi connectivity index (χ1n) is 8.50. The zero-order valence-electron chi connectivity index (χ0n) is 15.0. The predicted molar refractivity (Wildman–Crippen MR) is 101 cm³/mol. The molecule has 7 nitrogen and oxygen atoms in total. The highest BCUT2D eigenvalue weighted by Gasteiger charge is 2.36. The topological polar surface area (TPSA) is 78.3 Å². The van der Waals surface area contributed by atoms with Crippen molar-refractivity contribution in [3.63, 3.8) is 0 Å². The molecule has 0 radical (unpaired) electrons. The van der Waals surface area contributed by atoms with Crippen LogP contribution >= 0.6 is 15.9 Å². The lowest BCUT2D eigenvalue weighted by atomic mass is 9.93. The van der Waals surface area contributed by atoms with E-state index in [-0.39, 0.29) is 5.97 Å². The minimum Gasteiger partial charge on any atom is -0.496 e. The quantitative estimate of drug-likeness (QED) is 0.717. The van der Waals surface area contributed by atoms with Crippen molar-refractivity contribution in [2.24, 2.45) is 0 Å². The maximum atomic E-state index is 12.8. The largest absolute Gasteiger partial charge is 0.496 e. The molecule has 2 aromatic rings. The third-order valence-electron chi connectivity index (χ3n) is 4.16. The Morgan fingerprint density at radius 2 is 2.19 bits per heavy atom. The fraction of sp³-hybridized carbons (Fsp3) is 0.389. The molecule has 8 heteroatoms. The second-order valence-electron chi connectivity index (χ2n) is 5.80. The van der Waals surface area contributed by atoms with Gasteiger partial charge >= 0.3 is 5.97 Å². The minimum atomic E-state index is -0.484. The van der Waals surface area contributed by atoms with E-state index in [0.717, 1.165) is 22.2 Å². The first kappa shape index (κ1) is 18.4. The molecule has 1 aromatic heterocycles. The number of methoxy groups -OCH3 is 1. The normalized spacial score (nSPS) is 16.1. The zero-order chi connectivity index (χ0) is 18.7. The third kappa shape index (κ3) is 3.33. The number of benzene rings is 1. The van der Waals surface area contributed by atoms with Crippen LogP contribution in [-0.4, -0.2) is 34.5 Å². The fourth-order valence-electron chi connectivity index (χ4n) is 3.12. The number of ether oxygens (including phenoxy) is 2. The van der Waals surface area contributed by atoms with Gasteiger partial charge in [-0.3, -0.25) is 0 Å². The standard InChI is InChI=1S/C18H21BrN4O3/c1-4-6-13-15(17(24)26-5-2)16(23-18(22-13)20-10-21-23)12-9-11(19)7-8-14(12)25-3/h7-10,16H,4-6H2,1-3H3,(H,20,21,22). The van der Waals surface area contributed by atoms with Gasteiger partial charge < -0.3 is 14.8 Å². The summed E-state index contributed by atoms with van der Waals surface area (Å²) in [6.07, 6.45) is 3.05. The van der Waals surface area contributed by atoms with Gasteiger partial charge in [-0.25, -0.2) is 9.48 Å². The van der Waals surface area contributed by atoms with Crippen LogP contribution in [0.2, 0.25) is 0 Å². The molecule has 0 aliphatic carbocycles. The first-order valence-corrected chi connectivity index (χ1v) is 9.30. The smallest absolute Gasteiger partial charge is 0.338 e. The number of esters is 1. The molecule has 0 amide bonds. The molecule has 0 bridgehead atoms. The van der Waals surface area contributed by atoms with Crippen LogP contribution in [0.1, 0.15) is 38.3 Å². The molecule has 0 saturated heterocycles. The lowest BCUT2D eigenvalue weighted by Crippen LogP contribution is -2.30. The van der Waals surface area contributed by atoms with Crippen LogP contribution in [0.5, 0.6) is 5.75 Å². The average molecular weight is 421 g/mol. The van der Waals surface area contributed by atoms with Crippen molar-refractivity contribution in [1.29, 1.82) is 0 Å². The molecule has 1 aliphatic rings. The summed E-state index contributed by atoms with van der Waals surface area (Å²) in [4.78, 5) is 17.1. The number of hydrogen-bond donors (Lipinski definition) is 1. The molecule has 0 fully saturated rings. The number of hydrogen-bond acceptors (Lipinski definition) is 6. The van der Waals surface area contributed by atoms with E-state index in [9.17, 15) is 4.79 Å². The van der Waals surface area contributed by atoms with Gasteiger partial charge in [-0.2, -0.15) is 10.1 Å². The summed E-state index contributed by atoms with van der Waals surface area (Å²) in [6.45, 7) is 4.16.